The van der Waals surface area contributed by atoms with Gasteiger partial charge in [-0.15, -0.1) is 0 Å². The maximum absolute atomic E-state index is 11.8. The van der Waals surface area contributed by atoms with Crippen LogP contribution in [0.25, 0.3) is 0 Å². The van der Waals surface area contributed by atoms with E-state index in [0.29, 0.717) is 11.1 Å². The van der Waals surface area contributed by atoms with Crippen molar-refractivity contribution in [1.82, 2.24) is 0 Å². The van der Waals surface area contributed by atoms with Gasteiger partial charge in [0.15, 0.2) is 11.6 Å². The first-order valence-electron chi connectivity index (χ1n) is 6.64. The molecule has 0 spiro atoms. The summed E-state index contributed by atoms with van der Waals surface area (Å²) >= 11 is 6.61. The molecule has 23 heavy (non-hydrogen) atoms. The lowest BCUT2D eigenvalue weighted by molar-refractivity contribution is 0.103. The molecular weight excluding hydrogens is 424 g/mol. The summed E-state index contributed by atoms with van der Waals surface area (Å²) in [5, 5.41) is 0. The third-order valence-corrected chi connectivity index (χ3v) is 3.91. The first-order chi connectivity index (χ1) is 11.1. The highest BCUT2D eigenvalue weighted by molar-refractivity contribution is 9.10. The summed E-state index contributed by atoms with van der Waals surface area (Å²) in [5.41, 5.74) is 1.12. The number of hydrogen-bond acceptors (Lipinski definition) is 3. The second kappa shape index (κ2) is 8.60. The van der Waals surface area contributed by atoms with Crippen LogP contribution in [0, 0.1) is 0 Å². The zero-order valence-electron chi connectivity index (χ0n) is 11.9. The lowest BCUT2D eigenvalue weighted by Crippen LogP contribution is -1.94. The summed E-state index contributed by atoms with van der Waals surface area (Å²) in [7, 11) is 0. The van der Waals surface area contributed by atoms with E-state index in [2.05, 4.69) is 31.9 Å². The van der Waals surface area contributed by atoms with Crippen LogP contribution in [0.2, 0.25) is 0 Å². The van der Waals surface area contributed by atoms with Crippen LogP contribution in [0.5, 0.6) is 0 Å². The Hall–Kier alpha value is -1.98. The van der Waals surface area contributed by atoms with E-state index in [4.69, 9.17) is 4.74 Å². The molecule has 0 amide bonds. The van der Waals surface area contributed by atoms with Gasteiger partial charge < -0.3 is 4.74 Å². The predicted octanol–water partition coefficient (Wildman–Crippen LogP) is 5.32. The molecule has 0 fully saturated rings. The summed E-state index contributed by atoms with van der Waals surface area (Å²) in [6.45, 7) is 0. The van der Waals surface area contributed by atoms with Crippen molar-refractivity contribution < 1.29 is 14.3 Å². The second-order valence-corrected chi connectivity index (χ2v) is 6.32. The first-order valence-corrected chi connectivity index (χ1v) is 8.23. The van der Waals surface area contributed by atoms with Crippen LogP contribution >= 0.6 is 31.9 Å². The van der Waals surface area contributed by atoms with Gasteiger partial charge in [-0.3, -0.25) is 9.59 Å². The van der Waals surface area contributed by atoms with Crippen molar-refractivity contribution in [3.05, 3.63) is 93.3 Å². The van der Waals surface area contributed by atoms with Gasteiger partial charge in [-0.25, -0.2) is 0 Å². The second-order valence-electron chi connectivity index (χ2n) is 4.48. The SMILES string of the molecule is O=C(C=COC=CC(=O)c1ccc(Br)cc1)c1ccc(Br)cc1. The Bertz CT molecular complexity index is 679. The summed E-state index contributed by atoms with van der Waals surface area (Å²) in [6.07, 6.45) is 5.10. The van der Waals surface area contributed by atoms with Gasteiger partial charge in [0, 0.05) is 32.2 Å². The molecule has 0 radical (unpaired) electrons. The number of carbonyl (C=O) groups excluding carboxylic acids is 2. The summed E-state index contributed by atoms with van der Waals surface area (Å²) < 4.78 is 6.86. The summed E-state index contributed by atoms with van der Waals surface area (Å²) in [4.78, 5) is 23.7. The van der Waals surface area contributed by atoms with Crippen LogP contribution in [0.4, 0.5) is 0 Å². The first kappa shape index (κ1) is 17.4. The van der Waals surface area contributed by atoms with Gasteiger partial charge in [-0.05, 0) is 48.5 Å². The standard InChI is InChI=1S/C18H12Br2O3/c19-15-5-1-13(2-6-15)17(21)9-11-23-12-10-18(22)14-3-7-16(20)8-4-14/h1-12H. The Morgan fingerprint density at radius 2 is 1.04 bits per heavy atom. The summed E-state index contributed by atoms with van der Waals surface area (Å²) in [5.74, 6) is -0.352. The van der Waals surface area contributed by atoms with Crippen molar-refractivity contribution in [2.45, 2.75) is 0 Å². The molecule has 5 heteroatoms. The number of benzene rings is 2. The van der Waals surface area contributed by atoms with Crippen LogP contribution < -0.4 is 0 Å². The van der Waals surface area contributed by atoms with E-state index < -0.39 is 0 Å². The van der Waals surface area contributed by atoms with Gasteiger partial charge in [0.1, 0.15) is 0 Å². The Kier molecular flexibility index (Phi) is 6.50. The van der Waals surface area contributed by atoms with Gasteiger partial charge >= 0.3 is 0 Å². The topological polar surface area (TPSA) is 43.4 Å². The van der Waals surface area contributed by atoms with Gasteiger partial charge in [0.2, 0.25) is 0 Å². The quantitative estimate of drug-likeness (QED) is 0.350. The van der Waals surface area contributed by atoms with Crippen LogP contribution in [-0.2, 0) is 4.74 Å². The molecule has 0 saturated heterocycles. The average Bonchev–Trinajstić information content (AvgIpc) is 2.55. The van der Waals surface area contributed by atoms with E-state index >= 15 is 0 Å². The van der Waals surface area contributed by atoms with E-state index in [1.165, 1.54) is 24.7 Å². The Labute approximate surface area is 150 Å². The average molecular weight is 436 g/mol. The van der Waals surface area contributed by atoms with Gasteiger partial charge in [0.25, 0.3) is 0 Å². The summed E-state index contributed by atoms with van der Waals surface area (Å²) in [6, 6.07) is 14.0. The molecule has 3 nitrogen and oxygen atoms in total. The molecule has 0 unspecified atom stereocenters. The molecule has 2 rings (SSSR count). The van der Waals surface area contributed by atoms with Gasteiger partial charge in [0.05, 0.1) is 12.5 Å². The van der Waals surface area contributed by atoms with Crippen molar-refractivity contribution in [3.63, 3.8) is 0 Å². The Morgan fingerprint density at radius 1 is 0.696 bits per heavy atom. The molecule has 0 aliphatic heterocycles. The fourth-order valence-corrected chi connectivity index (χ4v) is 2.20. The van der Waals surface area contributed by atoms with Crippen molar-refractivity contribution in [3.8, 4) is 0 Å². The fraction of sp³-hybridized carbons (Fsp3) is 0. The smallest absolute Gasteiger partial charge is 0.188 e. The molecule has 0 bridgehead atoms. The molecule has 0 aliphatic rings. The van der Waals surface area contributed by atoms with Crippen LogP contribution in [0.3, 0.4) is 0 Å². The molecule has 2 aromatic rings. The van der Waals surface area contributed by atoms with E-state index in [9.17, 15) is 9.59 Å². The maximum atomic E-state index is 11.8. The zero-order valence-corrected chi connectivity index (χ0v) is 15.1. The van der Waals surface area contributed by atoms with E-state index in [0.717, 1.165) is 8.95 Å². The monoisotopic (exact) mass is 434 g/mol. The maximum Gasteiger partial charge on any atom is 0.188 e. The fourth-order valence-electron chi connectivity index (χ4n) is 1.67. The van der Waals surface area contributed by atoms with Crippen LogP contribution in [0.1, 0.15) is 20.7 Å². The molecular formula is C18H12Br2O3. The van der Waals surface area contributed by atoms with E-state index in [1.807, 2.05) is 0 Å². The molecule has 0 aliphatic carbocycles. The van der Waals surface area contributed by atoms with Crippen LogP contribution in [-0.4, -0.2) is 11.6 Å². The molecule has 2 aromatic carbocycles. The normalized spacial score (nSPS) is 11.0. The number of allylic oxidation sites excluding steroid dienone is 2. The number of halogens is 2. The van der Waals surface area contributed by atoms with E-state index in [1.54, 1.807) is 48.5 Å². The minimum absolute atomic E-state index is 0.176. The molecule has 116 valence electrons. The van der Waals surface area contributed by atoms with Gasteiger partial charge in [-0.1, -0.05) is 31.9 Å². The largest absolute Gasteiger partial charge is 0.472 e. The Balaban J connectivity index is 1.86. The minimum atomic E-state index is -0.176. The number of rotatable bonds is 6. The molecule has 0 atom stereocenters. The van der Waals surface area contributed by atoms with Crippen molar-refractivity contribution in [2.24, 2.45) is 0 Å². The third kappa shape index (κ3) is 5.62. The lowest BCUT2D eigenvalue weighted by Gasteiger charge is -1.96. The molecule has 0 aromatic heterocycles. The minimum Gasteiger partial charge on any atom is -0.472 e. The third-order valence-electron chi connectivity index (χ3n) is 2.85. The number of ketones is 2. The highest BCUT2D eigenvalue weighted by Gasteiger charge is 2.01. The van der Waals surface area contributed by atoms with Gasteiger partial charge in [-0.2, -0.15) is 0 Å². The molecule has 0 heterocycles. The van der Waals surface area contributed by atoms with Crippen molar-refractivity contribution >= 4 is 43.4 Å². The van der Waals surface area contributed by atoms with Crippen LogP contribution in [0.15, 0.2) is 82.2 Å². The zero-order chi connectivity index (χ0) is 16.7. The Morgan fingerprint density at radius 3 is 1.39 bits per heavy atom. The predicted molar refractivity (Wildman–Crippen MR) is 96.3 cm³/mol. The highest BCUT2D eigenvalue weighted by atomic mass is 79.9. The number of carbonyl (C=O) groups is 2. The molecule has 0 N–H and O–H groups in total. The van der Waals surface area contributed by atoms with Crippen molar-refractivity contribution in [2.75, 3.05) is 0 Å². The number of ether oxygens (including phenoxy) is 1. The molecule has 0 saturated carbocycles. The lowest BCUT2D eigenvalue weighted by atomic mass is 10.1. The number of hydrogen-bond donors (Lipinski definition) is 0. The van der Waals surface area contributed by atoms with E-state index in [-0.39, 0.29) is 11.6 Å². The highest BCUT2D eigenvalue weighted by Crippen LogP contribution is 2.12. The van der Waals surface area contributed by atoms with Crippen molar-refractivity contribution in [1.29, 1.82) is 0 Å².